The fourth-order valence-corrected chi connectivity index (χ4v) is 2.35. The quantitative estimate of drug-likeness (QED) is 0.768. The first-order chi connectivity index (χ1) is 9.22. The number of nitrogens with one attached hydrogen (secondary N) is 1. The molecule has 2 aromatic heterocycles. The van der Waals surface area contributed by atoms with Crippen LogP contribution < -0.4 is 5.32 Å². The Morgan fingerprint density at radius 3 is 2.89 bits per heavy atom. The van der Waals surface area contributed by atoms with Crippen LogP contribution in [0.1, 0.15) is 45.6 Å². The van der Waals surface area contributed by atoms with Crippen LogP contribution in [0.5, 0.6) is 0 Å². The number of aryl methyl sites for hydroxylation is 1. The topological polar surface area (TPSA) is 29.9 Å². The second-order valence-corrected chi connectivity index (χ2v) is 5.47. The largest absolute Gasteiger partial charge is 0.332 e. The Labute approximate surface area is 116 Å². The van der Waals surface area contributed by atoms with Crippen molar-refractivity contribution in [1.29, 1.82) is 0 Å². The Balaban J connectivity index is 2.21. The second-order valence-electron chi connectivity index (χ2n) is 5.47. The summed E-state index contributed by atoms with van der Waals surface area (Å²) in [6.07, 6.45) is 7.93. The molecule has 3 nitrogen and oxygen atoms in total. The number of unbranched alkanes of at least 4 members (excludes halogenated alkanes) is 2. The molecule has 2 aromatic rings. The average molecular weight is 259 g/mol. The van der Waals surface area contributed by atoms with Gasteiger partial charge in [0.2, 0.25) is 0 Å². The molecule has 0 aliphatic carbocycles. The van der Waals surface area contributed by atoms with Gasteiger partial charge in [-0.3, -0.25) is 0 Å². The van der Waals surface area contributed by atoms with E-state index in [0.29, 0.717) is 6.04 Å². The van der Waals surface area contributed by atoms with Crippen molar-refractivity contribution in [1.82, 2.24) is 14.9 Å². The summed E-state index contributed by atoms with van der Waals surface area (Å²) in [5.41, 5.74) is 2.48. The van der Waals surface area contributed by atoms with Gasteiger partial charge in [0.25, 0.3) is 0 Å². The lowest BCUT2D eigenvalue weighted by Crippen LogP contribution is -2.21. The number of pyridine rings is 1. The summed E-state index contributed by atoms with van der Waals surface area (Å²) >= 11 is 0. The summed E-state index contributed by atoms with van der Waals surface area (Å²) in [7, 11) is 0. The fourth-order valence-electron chi connectivity index (χ4n) is 2.35. The van der Waals surface area contributed by atoms with Crippen LogP contribution in [-0.4, -0.2) is 15.6 Å². The van der Waals surface area contributed by atoms with Crippen molar-refractivity contribution >= 4 is 11.0 Å². The van der Waals surface area contributed by atoms with E-state index in [9.17, 15) is 0 Å². The summed E-state index contributed by atoms with van der Waals surface area (Å²) < 4.78 is 2.31. The van der Waals surface area contributed by atoms with E-state index in [1.54, 1.807) is 0 Å². The molecule has 0 aliphatic rings. The average Bonchev–Trinajstić information content (AvgIpc) is 2.76. The van der Waals surface area contributed by atoms with Crippen molar-refractivity contribution in [2.24, 2.45) is 0 Å². The van der Waals surface area contributed by atoms with E-state index < -0.39 is 0 Å². The van der Waals surface area contributed by atoms with Crippen LogP contribution in [0.3, 0.4) is 0 Å². The molecule has 0 atom stereocenters. The van der Waals surface area contributed by atoms with Gasteiger partial charge in [0.1, 0.15) is 5.65 Å². The van der Waals surface area contributed by atoms with E-state index in [2.05, 4.69) is 47.9 Å². The van der Waals surface area contributed by atoms with Crippen molar-refractivity contribution in [3.05, 3.63) is 30.1 Å². The molecule has 0 aliphatic heterocycles. The zero-order valence-electron chi connectivity index (χ0n) is 12.3. The van der Waals surface area contributed by atoms with Gasteiger partial charge in [-0.15, -0.1) is 0 Å². The highest BCUT2D eigenvalue weighted by atomic mass is 15.0. The maximum absolute atomic E-state index is 4.54. The second kappa shape index (κ2) is 6.71. The van der Waals surface area contributed by atoms with Crippen LogP contribution >= 0.6 is 0 Å². The SMILES string of the molecule is CCCCCn1cc(CNC(C)C)c2cccnc21. The van der Waals surface area contributed by atoms with Crippen molar-refractivity contribution in [3.8, 4) is 0 Å². The van der Waals surface area contributed by atoms with Gasteiger partial charge in [0.05, 0.1) is 0 Å². The van der Waals surface area contributed by atoms with Crippen LogP contribution in [0.4, 0.5) is 0 Å². The molecule has 0 fully saturated rings. The summed E-state index contributed by atoms with van der Waals surface area (Å²) in [6.45, 7) is 8.59. The first-order valence-corrected chi connectivity index (χ1v) is 7.38. The minimum atomic E-state index is 0.509. The molecule has 0 spiro atoms. The summed E-state index contributed by atoms with van der Waals surface area (Å²) in [4.78, 5) is 4.54. The van der Waals surface area contributed by atoms with Crippen molar-refractivity contribution in [2.45, 2.75) is 59.2 Å². The monoisotopic (exact) mass is 259 g/mol. The number of rotatable bonds is 7. The normalized spacial score (nSPS) is 11.6. The number of hydrogen-bond acceptors (Lipinski definition) is 2. The van der Waals surface area contributed by atoms with Crippen molar-refractivity contribution in [3.63, 3.8) is 0 Å². The van der Waals surface area contributed by atoms with E-state index in [0.717, 1.165) is 18.7 Å². The Hall–Kier alpha value is -1.35. The highest BCUT2D eigenvalue weighted by Crippen LogP contribution is 2.20. The molecule has 0 saturated heterocycles. The van der Waals surface area contributed by atoms with E-state index >= 15 is 0 Å². The number of fused-ring (bicyclic) bond motifs is 1. The fraction of sp³-hybridized carbons (Fsp3) is 0.562. The lowest BCUT2D eigenvalue weighted by atomic mass is 10.2. The molecule has 0 saturated carbocycles. The third kappa shape index (κ3) is 3.57. The molecule has 0 radical (unpaired) electrons. The highest BCUT2D eigenvalue weighted by Gasteiger charge is 2.09. The predicted octanol–water partition coefficient (Wildman–Crippen LogP) is 3.72. The molecular weight excluding hydrogens is 234 g/mol. The Kier molecular flexibility index (Phi) is 4.97. The molecule has 3 heteroatoms. The van der Waals surface area contributed by atoms with Crippen molar-refractivity contribution < 1.29 is 0 Å². The third-order valence-electron chi connectivity index (χ3n) is 3.42. The Morgan fingerprint density at radius 1 is 1.32 bits per heavy atom. The maximum atomic E-state index is 4.54. The van der Waals surface area contributed by atoms with Crippen LogP contribution in [0.25, 0.3) is 11.0 Å². The molecule has 1 N–H and O–H groups in total. The summed E-state index contributed by atoms with van der Waals surface area (Å²) in [5, 5.41) is 4.78. The minimum Gasteiger partial charge on any atom is -0.332 e. The summed E-state index contributed by atoms with van der Waals surface area (Å²) in [6, 6.07) is 4.71. The molecule has 2 rings (SSSR count). The Morgan fingerprint density at radius 2 is 2.16 bits per heavy atom. The lowest BCUT2D eigenvalue weighted by molar-refractivity contribution is 0.584. The van der Waals surface area contributed by atoms with Crippen LogP contribution in [0, 0.1) is 0 Å². The number of hydrogen-bond donors (Lipinski definition) is 1. The van der Waals surface area contributed by atoms with Crippen LogP contribution in [0.2, 0.25) is 0 Å². The number of nitrogens with zero attached hydrogens (tertiary/aromatic N) is 2. The minimum absolute atomic E-state index is 0.509. The van der Waals surface area contributed by atoms with Gasteiger partial charge in [0, 0.05) is 36.9 Å². The van der Waals surface area contributed by atoms with Crippen LogP contribution in [-0.2, 0) is 13.1 Å². The van der Waals surface area contributed by atoms with E-state index in [4.69, 9.17) is 0 Å². The first kappa shape index (κ1) is 14.1. The first-order valence-electron chi connectivity index (χ1n) is 7.38. The van der Waals surface area contributed by atoms with E-state index in [1.165, 1.54) is 30.2 Å². The van der Waals surface area contributed by atoms with Crippen LogP contribution in [0.15, 0.2) is 24.5 Å². The molecule has 0 amide bonds. The Bertz CT molecular complexity index is 514. The summed E-state index contributed by atoms with van der Waals surface area (Å²) in [5.74, 6) is 0. The van der Waals surface area contributed by atoms with Gasteiger partial charge < -0.3 is 9.88 Å². The van der Waals surface area contributed by atoms with Gasteiger partial charge in [-0.2, -0.15) is 0 Å². The van der Waals surface area contributed by atoms with Gasteiger partial charge in [0.15, 0.2) is 0 Å². The zero-order valence-corrected chi connectivity index (χ0v) is 12.3. The predicted molar refractivity (Wildman–Crippen MR) is 81.2 cm³/mol. The molecule has 2 heterocycles. The van der Waals surface area contributed by atoms with E-state index in [1.807, 2.05) is 12.3 Å². The lowest BCUT2D eigenvalue weighted by Gasteiger charge is -2.06. The molecule has 104 valence electrons. The third-order valence-corrected chi connectivity index (χ3v) is 3.42. The standard InChI is InChI=1S/C16H25N3/c1-4-5-6-10-19-12-14(11-18-13(2)3)15-8-7-9-17-16(15)19/h7-9,12-13,18H,4-6,10-11H2,1-3H3. The molecule has 0 aromatic carbocycles. The smallest absolute Gasteiger partial charge is 0.140 e. The highest BCUT2D eigenvalue weighted by molar-refractivity contribution is 5.80. The van der Waals surface area contributed by atoms with Crippen molar-refractivity contribution in [2.75, 3.05) is 0 Å². The molecule has 0 bridgehead atoms. The number of aromatic nitrogens is 2. The maximum Gasteiger partial charge on any atom is 0.140 e. The van der Waals surface area contributed by atoms with E-state index in [-0.39, 0.29) is 0 Å². The van der Waals surface area contributed by atoms with Gasteiger partial charge in [-0.1, -0.05) is 33.6 Å². The molecule has 19 heavy (non-hydrogen) atoms. The van der Waals surface area contributed by atoms with Gasteiger partial charge in [-0.25, -0.2) is 4.98 Å². The van der Waals surface area contributed by atoms with Gasteiger partial charge >= 0.3 is 0 Å². The van der Waals surface area contributed by atoms with Gasteiger partial charge in [-0.05, 0) is 24.1 Å². The molecular formula is C16H25N3. The zero-order chi connectivity index (χ0) is 13.7. The molecule has 0 unspecified atom stereocenters.